The number of hydrogen-bond acceptors (Lipinski definition) is 3. The SMILES string of the molecule is CCC(CC)(NC(=O)Nc1cc(Cl)ccc1OC)C(=O)O. The maximum absolute atomic E-state index is 12.0. The highest BCUT2D eigenvalue weighted by Gasteiger charge is 2.36. The first-order valence-corrected chi connectivity index (χ1v) is 6.92. The molecular formula is C14H19ClN2O4. The van der Waals surface area contributed by atoms with Gasteiger partial charge in [-0.05, 0) is 31.0 Å². The Morgan fingerprint density at radius 1 is 1.33 bits per heavy atom. The van der Waals surface area contributed by atoms with Gasteiger partial charge in [0.1, 0.15) is 11.3 Å². The number of hydrogen-bond donors (Lipinski definition) is 3. The summed E-state index contributed by atoms with van der Waals surface area (Å²) in [6.07, 6.45) is 0.553. The number of amides is 2. The van der Waals surface area contributed by atoms with Gasteiger partial charge in [0.25, 0.3) is 0 Å². The van der Waals surface area contributed by atoms with Gasteiger partial charge in [0.15, 0.2) is 0 Å². The Morgan fingerprint density at radius 3 is 2.43 bits per heavy atom. The minimum atomic E-state index is -1.30. The summed E-state index contributed by atoms with van der Waals surface area (Å²) in [5, 5.41) is 14.8. The number of benzene rings is 1. The Balaban J connectivity index is 2.91. The number of carboxylic acids is 1. The number of nitrogens with one attached hydrogen (secondary N) is 2. The predicted molar refractivity (Wildman–Crippen MR) is 81.1 cm³/mol. The van der Waals surface area contributed by atoms with Crippen LogP contribution in [-0.2, 0) is 4.79 Å². The molecule has 1 rings (SSSR count). The van der Waals surface area contributed by atoms with Crippen LogP contribution in [0.2, 0.25) is 5.02 Å². The highest BCUT2D eigenvalue weighted by atomic mass is 35.5. The van der Waals surface area contributed by atoms with Crippen LogP contribution < -0.4 is 15.4 Å². The van der Waals surface area contributed by atoms with E-state index >= 15 is 0 Å². The van der Waals surface area contributed by atoms with Crippen molar-refractivity contribution in [2.45, 2.75) is 32.2 Å². The standard InChI is InChI=1S/C14H19ClN2O4/c1-4-14(5-2,12(18)19)17-13(20)16-10-8-9(15)6-7-11(10)21-3/h6-8H,4-5H2,1-3H3,(H,18,19)(H2,16,17,20). The van der Waals surface area contributed by atoms with Gasteiger partial charge >= 0.3 is 12.0 Å². The Hall–Kier alpha value is -1.95. The Bertz CT molecular complexity index is 530. The Morgan fingerprint density at radius 2 is 1.95 bits per heavy atom. The lowest BCUT2D eigenvalue weighted by atomic mass is 9.93. The molecule has 0 unspecified atom stereocenters. The Labute approximate surface area is 128 Å². The molecule has 116 valence electrons. The molecule has 0 spiro atoms. The van der Waals surface area contributed by atoms with Gasteiger partial charge < -0.3 is 20.5 Å². The number of ether oxygens (including phenoxy) is 1. The highest BCUT2D eigenvalue weighted by Crippen LogP contribution is 2.27. The van der Waals surface area contributed by atoms with Gasteiger partial charge in [0.2, 0.25) is 0 Å². The number of carboxylic acid groups (broad SMARTS) is 1. The highest BCUT2D eigenvalue weighted by molar-refractivity contribution is 6.31. The predicted octanol–water partition coefficient (Wildman–Crippen LogP) is 3.11. The van der Waals surface area contributed by atoms with Crippen molar-refractivity contribution in [2.75, 3.05) is 12.4 Å². The monoisotopic (exact) mass is 314 g/mol. The van der Waals surface area contributed by atoms with Gasteiger partial charge in [-0.15, -0.1) is 0 Å². The zero-order valence-electron chi connectivity index (χ0n) is 12.2. The first kappa shape index (κ1) is 17.1. The molecule has 3 N–H and O–H groups in total. The molecule has 2 amide bonds. The molecule has 21 heavy (non-hydrogen) atoms. The lowest BCUT2D eigenvalue weighted by molar-refractivity contribution is -0.144. The van der Waals surface area contributed by atoms with Crippen LogP contribution in [-0.4, -0.2) is 29.8 Å². The zero-order valence-corrected chi connectivity index (χ0v) is 13.0. The fourth-order valence-electron chi connectivity index (χ4n) is 1.93. The number of anilines is 1. The topological polar surface area (TPSA) is 87.7 Å². The fourth-order valence-corrected chi connectivity index (χ4v) is 2.10. The zero-order chi connectivity index (χ0) is 16.0. The maximum Gasteiger partial charge on any atom is 0.329 e. The van der Waals surface area contributed by atoms with Crippen LogP contribution in [0.15, 0.2) is 18.2 Å². The van der Waals surface area contributed by atoms with Crippen LogP contribution in [0.25, 0.3) is 0 Å². The molecule has 0 aromatic heterocycles. The molecule has 0 aliphatic carbocycles. The van der Waals surface area contributed by atoms with Crippen molar-refractivity contribution < 1.29 is 19.4 Å². The number of rotatable bonds is 6. The third-order valence-electron chi connectivity index (χ3n) is 3.38. The molecule has 6 nitrogen and oxygen atoms in total. The van der Waals surface area contributed by atoms with E-state index in [9.17, 15) is 14.7 Å². The van der Waals surface area contributed by atoms with Gasteiger partial charge in [-0.2, -0.15) is 0 Å². The van der Waals surface area contributed by atoms with Crippen LogP contribution in [0, 0.1) is 0 Å². The van der Waals surface area contributed by atoms with Gasteiger partial charge in [-0.25, -0.2) is 9.59 Å². The first-order valence-electron chi connectivity index (χ1n) is 6.54. The van der Waals surface area contributed by atoms with E-state index in [1.807, 2.05) is 0 Å². The summed E-state index contributed by atoms with van der Waals surface area (Å²) in [5.74, 6) is -0.635. The average molecular weight is 315 g/mol. The van der Waals surface area contributed by atoms with Crippen LogP contribution in [0.3, 0.4) is 0 Å². The van der Waals surface area contributed by atoms with E-state index in [1.165, 1.54) is 13.2 Å². The molecule has 0 fully saturated rings. The molecule has 0 aliphatic rings. The van der Waals surface area contributed by atoms with Crippen molar-refractivity contribution in [2.24, 2.45) is 0 Å². The molecule has 1 aromatic rings. The lowest BCUT2D eigenvalue weighted by Gasteiger charge is -2.28. The normalized spacial score (nSPS) is 10.9. The van der Waals surface area contributed by atoms with Crippen LogP contribution >= 0.6 is 11.6 Å². The van der Waals surface area contributed by atoms with Crippen molar-refractivity contribution in [3.05, 3.63) is 23.2 Å². The fraction of sp³-hybridized carbons (Fsp3) is 0.429. The molecule has 0 aliphatic heterocycles. The van der Waals surface area contributed by atoms with Gasteiger partial charge in [0, 0.05) is 5.02 Å². The minimum absolute atomic E-state index is 0.277. The number of carbonyl (C=O) groups is 2. The second kappa shape index (κ2) is 7.17. The molecule has 7 heteroatoms. The largest absolute Gasteiger partial charge is 0.495 e. The van der Waals surface area contributed by atoms with E-state index < -0.39 is 17.5 Å². The summed E-state index contributed by atoms with van der Waals surface area (Å²) in [6.45, 7) is 3.41. The molecule has 0 saturated carbocycles. The van der Waals surface area contributed by atoms with E-state index in [-0.39, 0.29) is 12.8 Å². The molecule has 0 bridgehead atoms. The summed E-state index contributed by atoms with van der Waals surface area (Å²) < 4.78 is 5.11. The second-order valence-electron chi connectivity index (χ2n) is 4.52. The number of carbonyl (C=O) groups excluding carboxylic acids is 1. The number of methoxy groups -OCH3 is 1. The summed E-state index contributed by atoms with van der Waals surface area (Å²) in [7, 11) is 1.46. The summed E-state index contributed by atoms with van der Waals surface area (Å²) in [6, 6.07) is 4.15. The molecule has 0 heterocycles. The van der Waals surface area contributed by atoms with E-state index in [2.05, 4.69) is 10.6 Å². The maximum atomic E-state index is 12.0. The van der Waals surface area contributed by atoms with Crippen molar-refractivity contribution in [1.82, 2.24) is 5.32 Å². The summed E-state index contributed by atoms with van der Waals surface area (Å²) >= 11 is 5.87. The third kappa shape index (κ3) is 4.01. The Kier molecular flexibility index (Phi) is 5.84. The minimum Gasteiger partial charge on any atom is -0.495 e. The number of aliphatic carboxylic acids is 1. The first-order chi connectivity index (χ1) is 9.88. The smallest absolute Gasteiger partial charge is 0.329 e. The lowest BCUT2D eigenvalue weighted by Crippen LogP contribution is -2.55. The van der Waals surface area contributed by atoms with Gasteiger partial charge in [-0.3, -0.25) is 0 Å². The molecule has 0 saturated heterocycles. The molecule has 1 aromatic carbocycles. The van der Waals surface area contributed by atoms with Crippen LogP contribution in [0.5, 0.6) is 5.75 Å². The van der Waals surface area contributed by atoms with Crippen molar-refractivity contribution in [1.29, 1.82) is 0 Å². The summed E-state index contributed by atoms with van der Waals surface area (Å²) in [5.41, 5.74) is -0.926. The van der Waals surface area contributed by atoms with Crippen LogP contribution in [0.4, 0.5) is 10.5 Å². The van der Waals surface area contributed by atoms with Crippen molar-refractivity contribution in [3.8, 4) is 5.75 Å². The van der Waals surface area contributed by atoms with E-state index in [0.29, 0.717) is 16.5 Å². The molecular weight excluding hydrogens is 296 g/mol. The molecule has 0 radical (unpaired) electrons. The van der Waals surface area contributed by atoms with E-state index in [4.69, 9.17) is 16.3 Å². The molecule has 0 atom stereocenters. The van der Waals surface area contributed by atoms with Gasteiger partial charge in [-0.1, -0.05) is 25.4 Å². The van der Waals surface area contributed by atoms with E-state index in [0.717, 1.165) is 0 Å². The van der Waals surface area contributed by atoms with Gasteiger partial charge in [0.05, 0.1) is 12.8 Å². The third-order valence-corrected chi connectivity index (χ3v) is 3.61. The number of halogens is 1. The number of urea groups is 1. The van der Waals surface area contributed by atoms with E-state index in [1.54, 1.807) is 26.0 Å². The van der Waals surface area contributed by atoms with Crippen LogP contribution in [0.1, 0.15) is 26.7 Å². The van der Waals surface area contributed by atoms with Crippen molar-refractivity contribution >= 4 is 29.3 Å². The quantitative estimate of drug-likeness (QED) is 0.753. The van der Waals surface area contributed by atoms with Crippen molar-refractivity contribution in [3.63, 3.8) is 0 Å². The average Bonchev–Trinajstić information content (AvgIpc) is 2.44. The second-order valence-corrected chi connectivity index (χ2v) is 4.95. The summed E-state index contributed by atoms with van der Waals surface area (Å²) in [4.78, 5) is 23.4.